The Morgan fingerprint density at radius 1 is 1.28 bits per heavy atom. The Hall–Kier alpha value is -1.06. The molecule has 2 aromatic heterocycles. The van der Waals surface area contributed by atoms with Crippen LogP contribution in [0.1, 0.15) is 46.7 Å². The normalized spacial score (nSPS) is 12.9. The van der Waals surface area contributed by atoms with E-state index < -0.39 is 0 Å². The maximum atomic E-state index is 5.91. The van der Waals surface area contributed by atoms with Crippen LogP contribution in [0.5, 0.6) is 0 Å². The highest BCUT2D eigenvalue weighted by atomic mass is 32.1. The first kappa shape index (κ1) is 13.4. The smallest absolute Gasteiger partial charge is 0.126 e. The van der Waals surface area contributed by atoms with Gasteiger partial charge in [0.2, 0.25) is 0 Å². The van der Waals surface area contributed by atoms with Gasteiger partial charge in [-0.05, 0) is 44.2 Å². The zero-order valence-electron chi connectivity index (χ0n) is 11.5. The highest BCUT2D eigenvalue weighted by Crippen LogP contribution is 2.32. The van der Waals surface area contributed by atoms with Crippen LogP contribution >= 0.6 is 11.3 Å². The van der Waals surface area contributed by atoms with Gasteiger partial charge in [-0.3, -0.25) is 0 Å². The maximum absolute atomic E-state index is 5.91. The Labute approximate surface area is 113 Å². The summed E-state index contributed by atoms with van der Waals surface area (Å²) in [6.45, 7) is 9.51. The van der Waals surface area contributed by atoms with Crippen LogP contribution in [0.15, 0.2) is 22.6 Å². The van der Waals surface area contributed by atoms with Crippen LogP contribution in [0, 0.1) is 13.8 Å². The van der Waals surface area contributed by atoms with Gasteiger partial charge in [-0.2, -0.15) is 0 Å². The molecule has 2 heterocycles. The third-order valence-corrected chi connectivity index (χ3v) is 4.28. The first-order valence-electron chi connectivity index (χ1n) is 6.54. The Morgan fingerprint density at radius 2 is 2.06 bits per heavy atom. The summed E-state index contributed by atoms with van der Waals surface area (Å²) in [5, 5.41) is 3.52. The fraction of sp³-hybridized carbons (Fsp3) is 0.467. The molecule has 0 aliphatic heterocycles. The van der Waals surface area contributed by atoms with E-state index in [0.29, 0.717) is 0 Å². The van der Waals surface area contributed by atoms with Gasteiger partial charge < -0.3 is 9.73 Å². The van der Waals surface area contributed by atoms with E-state index in [0.717, 1.165) is 24.5 Å². The Kier molecular flexibility index (Phi) is 4.25. The fourth-order valence-corrected chi connectivity index (χ4v) is 3.33. The summed E-state index contributed by atoms with van der Waals surface area (Å²) in [5.41, 5.74) is 1.35. The summed E-state index contributed by atoms with van der Waals surface area (Å²) in [4.78, 5) is 2.72. The first-order valence-corrected chi connectivity index (χ1v) is 7.36. The largest absolute Gasteiger partial charge is 0.464 e. The summed E-state index contributed by atoms with van der Waals surface area (Å²) >= 11 is 1.85. The molecule has 98 valence electrons. The zero-order valence-corrected chi connectivity index (χ0v) is 12.4. The molecule has 1 N–H and O–H groups in total. The molecule has 2 rings (SSSR count). The molecule has 1 unspecified atom stereocenters. The van der Waals surface area contributed by atoms with E-state index in [4.69, 9.17) is 4.42 Å². The number of hydrogen-bond acceptors (Lipinski definition) is 3. The van der Waals surface area contributed by atoms with Gasteiger partial charge in [0.25, 0.3) is 0 Å². The summed E-state index contributed by atoms with van der Waals surface area (Å²) in [6, 6.07) is 6.61. The van der Waals surface area contributed by atoms with Crippen molar-refractivity contribution in [3.05, 3.63) is 45.0 Å². The van der Waals surface area contributed by atoms with Crippen LogP contribution in [-0.4, -0.2) is 6.54 Å². The number of nitrogens with one attached hydrogen (secondary N) is 1. The molecule has 0 saturated carbocycles. The zero-order chi connectivity index (χ0) is 13.1. The number of furan rings is 1. The number of hydrogen-bond donors (Lipinski definition) is 1. The van der Waals surface area contributed by atoms with Gasteiger partial charge in [0.15, 0.2) is 0 Å². The van der Waals surface area contributed by atoms with Crippen molar-refractivity contribution in [2.24, 2.45) is 0 Å². The van der Waals surface area contributed by atoms with E-state index in [-0.39, 0.29) is 6.04 Å². The summed E-state index contributed by atoms with van der Waals surface area (Å²) in [7, 11) is 0. The van der Waals surface area contributed by atoms with Crippen LogP contribution in [0.2, 0.25) is 0 Å². The van der Waals surface area contributed by atoms with Gasteiger partial charge in [0.1, 0.15) is 17.6 Å². The van der Waals surface area contributed by atoms with Gasteiger partial charge in [-0.15, -0.1) is 11.3 Å². The molecule has 0 bridgehead atoms. The predicted molar refractivity (Wildman–Crippen MR) is 77.4 cm³/mol. The minimum absolute atomic E-state index is 0.189. The molecular weight excluding hydrogens is 242 g/mol. The van der Waals surface area contributed by atoms with Gasteiger partial charge >= 0.3 is 0 Å². The summed E-state index contributed by atoms with van der Waals surface area (Å²) in [5.74, 6) is 2.08. The number of thiophene rings is 1. The molecule has 1 atom stereocenters. The minimum atomic E-state index is 0.189. The third-order valence-electron chi connectivity index (χ3n) is 3.07. The average Bonchev–Trinajstić information content (AvgIpc) is 2.93. The van der Waals surface area contributed by atoms with E-state index in [1.807, 2.05) is 11.3 Å². The molecular formula is C15H21NOS. The average molecular weight is 263 g/mol. The third kappa shape index (κ3) is 2.68. The molecule has 0 aliphatic rings. The van der Waals surface area contributed by atoms with E-state index in [2.05, 4.69) is 51.2 Å². The van der Waals surface area contributed by atoms with E-state index in [1.54, 1.807) is 0 Å². The SMILES string of the molecule is CCNC(c1ccc(CC)o1)c1sc(C)cc1C. The Balaban J connectivity index is 2.36. The molecule has 0 aromatic carbocycles. The van der Waals surface area contributed by atoms with Gasteiger partial charge in [-0.25, -0.2) is 0 Å². The maximum Gasteiger partial charge on any atom is 0.126 e. The van der Waals surface area contributed by atoms with Crippen LogP contribution in [0.3, 0.4) is 0 Å². The van der Waals surface area contributed by atoms with Crippen molar-refractivity contribution < 1.29 is 4.42 Å². The van der Waals surface area contributed by atoms with Crippen molar-refractivity contribution in [3.63, 3.8) is 0 Å². The molecule has 0 amide bonds. The molecule has 0 fully saturated rings. The lowest BCUT2D eigenvalue weighted by Gasteiger charge is -2.15. The van der Waals surface area contributed by atoms with Crippen LogP contribution in [0.4, 0.5) is 0 Å². The van der Waals surface area contributed by atoms with E-state index in [9.17, 15) is 0 Å². The van der Waals surface area contributed by atoms with Gasteiger partial charge in [-0.1, -0.05) is 13.8 Å². The van der Waals surface area contributed by atoms with Crippen LogP contribution in [-0.2, 0) is 6.42 Å². The number of aryl methyl sites for hydroxylation is 3. The molecule has 2 aromatic rings. The van der Waals surface area contributed by atoms with E-state index >= 15 is 0 Å². The quantitative estimate of drug-likeness (QED) is 0.873. The van der Waals surface area contributed by atoms with Gasteiger partial charge in [0.05, 0.1) is 0 Å². The van der Waals surface area contributed by atoms with Crippen LogP contribution in [0.25, 0.3) is 0 Å². The highest BCUT2D eigenvalue weighted by molar-refractivity contribution is 7.12. The van der Waals surface area contributed by atoms with Gasteiger partial charge in [0, 0.05) is 16.2 Å². The Bertz CT molecular complexity index is 512. The standard InChI is InChI=1S/C15H21NOS/c1-5-12-7-8-13(17-12)14(16-6-2)15-10(3)9-11(4)18-15/h7-9,14,16H,5-6H2,1-4H3. The van der Waals surface area contributed by atoms with E-state index in [1.165, 1.54) is 15.3 Å². The monoisotopic (exact) mass is 263 g/mol. The fourth-order valence-electron chi connectivity index (χ4n) is 2.21. The minimum Gasteiger partial charge on any atom is -0.464 e. The van der Waals surface area contributed by atoms with Crippen molar-refractivity contribution in [3.8, 4) is 0 Å². The molecule has 0 radical (unpaired) electrons. The molecule has 0 saturated heterocycles. The second kappa shape index (κ2) is 5.72. The van der Waals surface area contributed by atoms with Crippen LogP contribution < -0.4 is 5.32 Å². The summed E-state index contributed by atoms with van der Waals surface area (Å²) in [6.07, 6.45) is 0.946. The second-order valence-electron chi connectivity index (χ2n) is 4.55. The van der Waals surface area contributed by atoms with Crippen molar-refractivity contribution in [1.29, 1.82) is 0 Å². The lowest BCUT2D eigenvalue weighted by Crippen LogP contribution is -2.21. The topological polar surface area (TPSA) is 25.2 Å². The number of rotatable bonds is 5. The molecule has 2 nitrogen and oxygen atoms in total. The molecule has 0 aliphatic carbocycles. The lowest BCUT2D eigenvalue weighted by molar-refractivity contribution is 0.428. The molecule has 0 spiro atoms. The lowest BCUT2D eigenvalue weighted by atomic mass is 10.1. The Morgan fingerprint density at radius 3 is 2.56 bits per heavy atom. The highest BCUT2D eigenvalue weighted by Gasteiger charge is 2.20. The van der Waals surface area contributed by atoms with Crippen molar-refractivity contribution >= 4 is 11.3 Å². The molecule has 18 heavy (non-hydrogen) atoms. The second-order valence-corrected chi connectivity index (χ2v) is 5.84. The van der Waals surface area contributed by atoms with Crippen molar-refractivity contribution in [1.82, 2.24) is 5.32 Å². The molecule has 3 heteroatoms. The first-order chi connectivity index (χ1) is 8.65. The van der Waals surface area contributed by atoms with Crippen molar-refractivity contribution in [2.45, 2.75) is 40.2 Å². The summed E-state index contributed by atoms with van der Waals surface area (Å²) < 4.78 is 5.91. The van der Waals surface area contributed by atoms with Crippen molar-refractivity contribution in [2.75, 3.05) is 6.54 Å². The predicted octanol–water partition coefficient (Wildman–Crippen LogP) is 4.22.